The fraction of sp³-hybridized carbons (Fsp3) is 0.208. The van der Waals surface area contributed by atoms with E-state index in [0.29, 0.717) is 35.0 Å². The van der Waals surface area contributed by atoms with E-state index in [4.69, 9.17) is 0 Å². The van der Waals surface area contributed by atoms with Gasteiger partial charge in [0.05, 0.1) is 12.0 Å². The smallest absolute Gasteiger partial charge is 0.406 e. The molecule has 3 N–H and O–H groups in total. The summed E-state index contributed by atoms with van der Waals surface area (Å²) in [5, 5.41) is 6.24. The van der Waals surface area contributed by atoms with Gasteiger partial charge in [-0.05, 0) is 17.7 Å². The highest BCUT2D eigenvalue weighted by atomic mass is 19.4. The Kier molecular flexibility index (Phi) is 6.34. The third kappa shape index (κ3) is 5.49. The maximum absolute atomic E-state index is 13.0. The van der Waals surface area contributed by atoms with Gasteiger partial charge in [-0.1, -0.05) is 36.4 Å². The molecule has 0 radical (unpaired) electrons. The first kappa shape index (κ1) is 25.3. The molecule has 0 aliphatic carbocycles. The summed E-state index contributed by atoms with van der Waals surface area (Å²) in [5.74, 6) is 0.552. The lowest BCUT2D eigenvalue weighted by Gasteiger charge is -2.23. The van der Waals surface area contributed by atoms with Crippen LogP contribution in [0, 0.1) is 0 Å². The molecule has 38 heavy (non-hydrogen) atoms. The average Bonchev–Trinajstić information content (AvgIpc) is 3.48. The van der Waals surface area contributed by atoms with Crippen LogP contribution in [0.4, 0.5) is 32.2 Å². The number of anilines is 1. The Morgan fingerprint density at radius 1 is 1.03 bits per heavy atom. The first-order chi connectivity index (χ1) is 18.0. The van der Waals surface area contributed by atoms with Crippen molar-refractivity contribution in [1.29, 1.82) is 0 Å². The molecule has 1 unspecified atom stereocenters. The van der Waals surface area contributed by atoms with Crippen LogP contribution < -0.4 is 15.4 Å². The predicted molar refractivity (Wildman–Crippen MR) is 125 cm³/mol. The molecule has 1 aliphatic heterocycles. The van der Waals surface area contributed by atoms with Crippen LogP contribution >= 0.6 is 0 Å². The number of H-pyrrole nitrogens is 1. The SMILES string of the molecule is Cn1cc(C(F)(F)F)nc1-c1ccc(CNC2N=C(c3cccc(OC(F)(F)F)c3)Nc3nc[nH]c32)cc1. The van der Waals surface area contributed by atoms with Crippen molar-refractivity contribution in [1.82, 2.24) is 24.8 Å². The predicted octanol–water partition coefficient (Wildman–Crippen LogP) is 5.39. The second-order valence-corrected chi connectivity index (χ2v) is 8.38. The van der Waals surface area contributed by atoms with Crippen LogP contribution in [-0.4, -0.2) is 31.7 Å². The van der Waals surface area contributed by atoms with Crippen molar-refractivity contribution in [2.75, 3.05) is 5.32 Å². The maximum atomic E-state index is 13.0. The molecule has 5 rings (SSSR count). The van der Waals surface area contributed by atoms with Gasteiger partial charge >= 0.3 is 12.5 Å². The number of hydrogen-bond donors (Lipinski definition) is 3. The number of nitrogens with one attached hydrogen (secondary N) is 3. The van der Waals surface area contributed by atoms with Gasteiger partial charge in [-0.3, -0.25) is 5.32 Å². The van der Waals surface area contributed by atoms with Crippen molar-refractivity contribution in [3.8, 4) is 17.1 Å². The molecule has 0 bridgehead atoms. The van der Waals surface area contributed by atoms with Crippen molar-refractivity contribution < 1.29 is 31.1 Å². The highest BCUT2D eigenvalue weighted by Crippen LogP contribution is 2.31. The minimum Gasteiger partial charge on any atom is -0.406 e. The van der Waals surface area contributed by atoms with Crippen LogP contribution in [0.15, 0.2) is 66.0 Å². The van der Waals surface area contributed by atoms with Gasteiger partial charge in [0.2, 0.25) is 0 Å². The van der Waals surface area contributed by atoms with Crippen molar-refractivity contribution in [3.05, 3.63) is 83.6 Å². The van der Waals surface area contributed by atoms with Crippen molar-refractivity contribution >= 4 is 11.7 Å². The summed E-state index contributed by atoms with van der Waals surface area (Å²) >= 11 is 0. The lowest BCUT2D eigenvalue weighted by atomic mass is 10.1. The molecule has 2 aromatic heterocycles. The summed E-state index contributed by atoms with van der Waals surface area (Å²) < 4.78 is 82.2. The van der Waals surface area contributed by atoms with Crippen molar-refractivity contribution in [2.45, 2.75) is 25.2 Å². The second kappa shape index (κ2) is 9.52. The highest BCUT2D eigenvalue weighted by molar-refractivity contribution is 6.09. The number of hydrogen-bond acceptors (Lipinski definition) is 6. The monoisotopic (exact) mass is 535 g/mol. The number of aryl methyl sites for hydroxylation is 1. The van der Waals surface area contributed by atoms with Gasteiger partial charge in [-0.2, -0.15) is 13.2 Å². The van der Waals surface area contributed by atoms with Gasteiger partial charge in [0, 0.05) is 30.9 Å². The van der Waals surface area contributed by atoms with Crippen LogP contribution in [0.25, 0.3) is 11.4 Å². The van der Waals surface area contributed by atoms with Crippen molar-refractivity contribution in [2.24, 2.45) is 12.0 Å². The summed E-state index contributed by atoms with van der Waals surface area (Å²) in [7, 11) is 1.49. The molecule has 3 heterocycles. The Morgan fingerprint density at radius 3 is 2.47 bits per heavy atom. The van der Waals surface area contributed by atoms with E-state index in [1.165, 1.54) is 36.1 Å². The van der Waals surface area contributed by atoms with Crippen LogP contribution in [0.2, 0.25) is 0 Å². The van der Waals surface area contributed by atoms with Gasteiger partial charge in [-0.25, -0.2) is 15.0 Å². The normalized spacial score (nSPS) is 15.6. The summed E-state index contributed by atoms with van der Waals surface area (Å²) in [6.07, 6.45) is -7.58. The zero-order valence-electron chi connectivity index (χ0n) is 19.5. The minimum atomic E-state index is -4.83. The second-order valence-electron chi connectivity index (χ2n) is 8.38. The third-order valence-electron chi connectivity index (χ3n) is 5.66. The molecule has 1 atom stereocenters. The molecule has 0 amide bonds. The standard InChI is InChI=1S/C24H19F6N7O/c1-37-11-17(23(25,26)27)34-22(37)14-7-5-13(6-8-14)10-31-20-18-21(33-12-32-18)36-19(35-20)15-3-2-4-16(9-15)38-24(28,29)30/h2-9,11-12,20,31H,10H2,1H3,(H,32,33)(H,35,36). The zero-order valence-corrected chi connectivity index (χ0v) is 19.5. The molecule has 4 aromatic rings. The van der Waals surface area contributed by atoms with E-state index in [0.717, 1.165) is 11.8 Å². The summed E-state index contributed by atoms with van der Waals surface area (Å²) in [6, 6.07) is 12.3. The molecule has 14 heteroatoms. The first-order valence-electron chi connectivity index (χ1n) is 11.1. The molecule has 198 valence electrons. The maximum Gasteiger partial charge on any atom is 0.573 e. The number of imidazole rings is 2. The number of amidine groups is 1. The molecular formula is C24H19F6N7O. The molecule has 0 saturated heterocycles. The fourth-order valence-electron chi connectivity index (χ4n) is 3.94. The third-order valence-corrected chi connectivity index (χ3v) is 5.66. The molecule has 0 spiro atoms. The Morgan fingerprint density at radius 2 is 1.79 bits per heavy atom. The molecule has 8 nitrogen and oxygen atoms in total. The Hall–Kier alpha value is -4.33. The van der Waals surface area contributed by atoms with E-state index in [1.54, 1.807) is 30.3 Å². The number of ether oxygens (including phenoxy) is 1. The number of aromatic amines is 1. The number of alkyl halides is 6. The first-order valence-corrected chi connectivity index (χ1v) is 11.1. The summed E-state index contributed by atoms with van der Waals surface area (Å²) in [4.78, 5) is 15.5. The van der Waals surface area contributed by atoms with Gasteiger partial charge in [0.15, 0.2) is 11.5 Å². The van der Waals surface area contributed by atoms with E-state index in [-0.39, 0.29) is 11.6 Å². The molecule has 0 fully saturated rings. The van der Waals surface area contributed by atoms with E-state index >= 15 is 0 Å². The lowest BCUT2D eigenvalue weighted by molar-refractivity contribution is -0.274. The highest BCUT2D eigenvalue weighted by Gasteiger charge is 2.34. The minimum absolute atomic E-state index is 0.184. The van der Waals surface area contributed by atoms with Crippen LogP contribution in [0.1, 0.15) is 28.7 Å². The van der Waals surface area contributed by atoms with Crippen LogP contribution in [-0.2, 0) is 19.8 Å². The number of fused-ring (bicyclic) bond motifs is 1. The van der Waals surface area contributed by atoms with E-state index in [1.807, 2.05) is 0 Å². The Balaban J connectivity index is 1.33. The van der Waals surface area contributed by atoms with Gasteiger partial charge in [-0.15, -0.1) is 13.2 Å². The quantitative estimate of drug-likeness (QED) is 0.288. The molecule has 1 aliphatic rings. The number of nitrogens with zero attached hydrogens (tertiary/aromatic N) is 4. The molecule has 2 aromatic carbocycles. The topological polar surface area (TPSA) is 92.2 Å². The fourth-order valence-corrected chi connectivity index (χ4v) is 3.94. The molecule has 0 saturated carbocycles. The van der Waals surface area contributed by atoms with E-state index < -0.39 is 24.4 Å². The number of rotatable bonds is 6. The van der Waals surface area contributed by atoms with Gasteiger partial charge in [0.1, 0.15) is 23.6 Å². The van der Waals surface area contributed by atoms with Gasteiger partial charge < -0.3 is 19.6 Å². The Bertz CT molecular complexity index is 1470. The number of halogens is 6. The lowest BCUT2D eigenvalue weighted by Crippen LogP contribution is -2.29. The zero-order chi connectivity index (χ0) is 27.1. The average molecular weight is 535 g/mol. The van der Waals surface area contributed by atoms with Crippen LogP contribution in [0.5, 0.6) is 5.75 Å². The van der Waals surface area contributed by atoms with E-state index in [9.17, 15) is 26.3 Å². The largest absolute Gasteiger partial charge is 0.573 e. The van der Waals surface area contributed by atoms with Crippen LogP contribution in [0.3, 0.4) is 0 Å². The summed E-state index contributed by atoms with van der Waals surface area (Å²) in [6.45, 7) is 0.325. The number of aliphatic imine (C=N–C) groups is 1. The molecular weight excluding hydrogens is 516 g/mol. The number of aromatic nitrogens is 4. The van der Waals surface area contributed by atoms with Crippen molar-refractivity contribution in [3.63, 3.8) is 0 Å². The van der Waals surface area contributed by atoms with E-state index in [2.05, 4.69) is 35.3 Å². The van der Waals surface area contributed by atoms with Gasteiger partial charge in [0.25, 0.3) is 0 Å². The number of benzene rings is 2. The Labute approximate surface area is 211 Å². The summed E-state index contributed by atoms with van der Waals surface area (Å²) in [5.41, 5.74) is 1.36.